The summed E-state index contributed by atoms with van der Waals surface area (Å²) in [5, 5.41) is 20.1. The van der Waals surface area contributed by atoms with Gasteiger partial charge in [-0.05, 0) is 49.7 Å². The van der Waals surface area contributed by atoms with Crippen LogP contribution in [0.4, 0.5) is 5.69 Å². The van der Waals surface area contributed by atoms with Crippen molar-refractivity contribution in [3.8, 4) is 5.75 Å². The van der Waals surface area contributed by atoms with Crippen LogP contribution in [0.1, 0.15) is 37.6 Å². The second kappa shape index (κ2) is 11.4. The minimum absolute atomic E-state index is 0.0248. The van der Waals surface area contributed by atoms with Crippen molar-refractivity contribution in [1.29, 1.82) is 0 Å². The third-order valence-electron chi connectivity index (χ3n) is 5.75. The molecule has 33 heavy (non-hydrogen) atoms. The zero-order valence-electron chi connectivity index (χ0n) is 19.1. The van der Waals surface area contributed by atoms with Crippen molar-refractivity contribution < 1.29 is 19.6 Å². The van der Waals surface area contributed by atoms with Crippen LogP contribution in [0.3, 0.4) is 0 Å². The summed E-state index contributed by atoms with van der Waals surface area (Å²) in [6, 6.07) is 12.6. The molecule has 0 saturated carbocycles. The van der Waals surface area contributed by atoms with Crippen LogP contribution in [-0.2, 0) is 17.8 Å². The van der Waals surface area contributed by atoms with Gasteiger partial charge in [0.05, 0.1) is 23.1 Å². The van der Waals surface area contributed by atoms with Gasteiger partial charge in [-0.2, -0.15) is 0 Å². The number of carbonyl (C=O) groups is 1. The van der Waals surface area contributed by atoms with E-state index in [2.05, 4.69) is 16.4 Å². The molecule has 9 nitrogen and oxygen atoms in total. The number of fused-ring (bicyclic) bond motifs is 1. The molecule has 0 fully saturated rings. The van der Waals surface area contributed by atoms with Gasteiger partial charge in [0.25, 0.3) is 5.69 Å². The molecule has 0 unspecified atom stereocenters. The predicted octanol–water partition coefficient (Wildman–Crippen LogP) is 4.12. The summed E-state index contributed by atoms with van der Waals surface area (Å²) in [6.07, 6.45) is 2.27. The van der Waals surface area contributed by atoms with Crippen molar-refractivity contribution in [1.82, 2.24) is 14.5 Å². The summed E-state index contributed by atoms with van der Waals surface area (Å²) in [5.41, 5.74) is 2.57. The molecular weight excluding hydrogens is 424 g/mol. The standard InChI is InChI=1S/C24H30N4O5/c1-3-26(13-5-4-6-24(29)30)14-15-27-22-12-9-19(28(31)32)17-21(22)25-23(27)16-18-7-10-20(33-2)11-8-18/h7-12,17H,3-6,13-16H2,1-2H3,(H,29,30). The van der Waals surface area contributed by atoms with Gasteiger partial charge in [-0.3, -0.25) is 14.9 Å². The lowest BCUT2D eigenvalue weighted by Gasteiger charge is -2.21. The Kier molecular flexibility index (Phi) is 8.37. The predicted molar refractivity (Wildman–Crippen MR) is 126 cm³/mol. The van der Waals surface area contributed by atoms with E-state index in [1.165, 1.54) is 12.1 Å². The van der Waals surface area contributed by atoms with Crippen molar-refractivity contribution >= 4 is 22.7 Å². The van der Waals surface area contributed by atoms with Crippen LogP contribution >= 0.6 is 0 Å². The summed E-state index contributed by atoms with van der Waals surface area (Å²) in [5.74, 6) is 0.863. The monoisotopic (exact) mass is 454 g/mol. The minimum atomic E-state index is -0.764. The molecule has 3 rings (SSSR count). The number of non-ortho nitro benzene ring substituents is 1. The highest BCUT2D eigenvalue weighted by molar-refractivity contribution is 5.79. The number of rotatable bonds is 13. The first kappa shape index (κ1) is 24.2. The number of unbranched alkanes of at least 4 members (excludes halogenated alkanes) is 1. The van der Waals surface area contributed by atoms with Gasteiger partial charge < -0.3 is 19.3 Å². The molecule has 0 spiro atoms. The molecule has 1 N–H and O–H groups in total. The van der Waals surface area contributed by atoms with Crippen LogP contribution in [0, 0.1) is 10.1 Å². The van der Waals surface area contributed by atoms with Gasteiger partial charge in [-0.1, -0.05) is 19.1 Å². The van der Waals surface area contributed by atoms with E-state index in [0.29, 0.717) is 24.9 Å². The van der Waals surface area contributed by atoms with E-state index in [0.717, 1.165) is 48.7 Å². The number of benzene rings is 2. The Hall–Kier alpha value is -3.46. The Bertz CT molecular complexity index is 1090. The number of likely N-dealkylation sites (N-methyl/N-ethyl adjacent to an activating group) is 1. The lowest BCUT2D eigenvalue weighted by Crippen LogP contribution is -2.29. The average Bonchev–Trinajstić information content (AvgIpc) is 3.15. The first-order chi connectivity index (χ1) is 15.9. The molecule has 1 aromatic heterocycles. The van der Waals surface area contributed by atoms with Crippen LogP contribution < -0.4 is 4.74 Å². The highest BCUT2D eigenvalue weighted by atomic mass is 16.6. The van der Waals surface area contributed by atoms with Crippen molar-refractivity contribution in [2.45, 2.75) is 39.2 Å². The molecule has 9 heteroatoms. The molecular formula is C24H30N4O5. The van der Waals surface area contributed by atoms with E-state index >= 15 is 0 Å². The summed E-state index contributed by atoms with van der Waals surface area (Å²) in [4.78, 5) is 28.6. The number of nitro groups is 1. The first-order valence-electron chi connectivity index (χ1n) is 11.1. The van der Waals surface area contributed by atoms with Crippen molar-refractivity contribution in [3.05, 3.63) is 64.0 Å². The summed E-state index contributed by atoms with van der Waals surface area (Å²) in [6.45, 7) is 5.24. The van der Waals surface area contributed by atoms with E-state index < -0.39 is 10.9 Å². The van der Waals surface area contributed by atoms with Crippen LogP contribution in [0.2, 0.25) is 0 Å². The van der Waals surface area contributed by atoms with Gasteiger partial charge in [0.2, 0.25) is 0 Å². The average molecular weight is 455 g/mol. The molecule has 0 aliphatic heterocycles. The number of aliphatic carboxylic acids is 1. The molecule has 0 atom stereocenters. The van der Waals surface area contributed by atoms with Crippen LogP contribution in [0.5, 0.6) is 5.75 Å². The molecule has 3 aromatic rings. The number of hydrogen-bond donors (Lipinski definition) is 1. The fourth-order valence-electron chi connectivity index (χ4n) is 3.87. The van der Waals surface area contributed by atoms with Gasteiger partial charge in [-0.25, -0.2) is 4.98 Å². The summed E-state index contributed by atoms with van der Waals surface area (Å²) in [7, 11) is 1.63. The maximum atomic E-state index is 11.2. The molecule has 0 radical (unpaired) electrons. The Balaban J connectivity index is 1.81. The smallest absolute Gasteiger partial charge is 0.303 e. The number of methoxy groups -OCH3 is 1. The Morgan fingerprint density at radius 1 is 1.18 bits per heavy atom. The number of imidazole rings is 1. The van der Waals surface area contributed by atoms with Crippen LogP contribution in [-0.4, -0.2) is 57.2 Å². The quantitative estimate of drug-likeness (QED) is 0.235. The molecule has 2 aromatic carbocycles. The lowest BCUT2D eigenvalue weighted by atomic mass is 10.1. The van der Waals surface area contributed by atoms with Crippen molar-refractivity contribution in [2.24, 2.45) is 0 Å². The molecule has 0 aliphatic carbocycles. The molecule has 0 aliphatic rings. The second-order valence-electron chi connectivity index (χ2n) is 7.92. The molecule has 176 valence electrons. The minimum Gasteiger partial charge on any atom is -0.497 e. The third kappa shape index (κ3) is 6.52. The fraction of sp³-hybridized carbons (Fsp3) is 0.417. The maximum absolute atomic E-state index is 11.2. The van der Waals surface area contributed by atoms with Gasteiger partial charge in [-0.15, -0.1) is 0 Å². The number of ether oxygens (including phenoxy) is 1. The zero-order chi connectivity index (χ0) is 23.8. The number of carboxylic acids is 1. The van der Waals surface area contributed by atoms with Gasteiger partial charge in [0.1, 0.15) is 11.6 Å². The summed E-state index contributed by atoms with van der Waals surface area (Å²) >= 11 is 0. The highest BCUT2D eigenvalue weighted by Crippen LogP contribution is 2.24. The van der Waals surface area contributed by atoms with Crippen molar-refractivity contribution in [2.75, 3.05) is 26.7 Å². The molecule has 0 amide bonds. The number of nitro benzene ring substituents is 1. The third-order valence-corrected chi connectivity index (χ3v) is 5.75. The zero-order valence-corrected chi connectivity index (χ0v) is 19.1. The van der Waals surface area contributed by atoms with E-state index in [4.69, 9.17) is 14.8 Å². The highest BCUT2D eigenvalue weighted by Gasteiger charge is 2.16. The maximum Gasteiger partial charge on any atom is 0.303 e. The summed E-state index contributed by atoms with van der Waals surface area (Å²) < 4.78 is 7.36. The van der Waals surface area contributed by atoms with E-state index in [-0.39, 0.29) is 12.1 Å². The van der Waals surface area contributed by atoms with Crippen LogP contribution in [0.15, 0.2) is 42.5 Å². The Morgan fingerprint density at radius 3 is 2.58 bits per heavy atom. The molecule has 1 heterocycles. The van der Waals surface area contributed by atoms with E-state index in [1.807, 2.05) is 24.3 Å². The first-order valence-corrected chi connectivity index (χ1v) is 11.1. The number of hydrogen-bond acceptors (Lipinski definition) is 6. The largest absolute Gasteiger partial charge is 0.497 e. The number of nitrogens with zero attached hydrogens (tertiary/aromatic N) is 4. The second-order valence-corrected chi connectivity index (χ2v) is 7.92. The molecule has 0 saturated heterocycles. The number of aromatic nitrogens is 2. The van der Waals surface area contributed by atoms with Crippen LogP contribution in [0.25, 0.3) is 11.0 Å². The van der Waals surface area contributed by atoms with Crippen molar-refractivity contribution in [3.63, 3.8) is 0 Å². The fourth-order valence-corrected chi connectivity index (χ4v) is 3.87. The molecule has 0 bridgehead atoms. The topological polar surface area (TPSA) is 111 Å². The Labute approximate surface area is 192 Å². The van der Waals surface area contributed by atoms with E-state index in [9.17, 15) is 14.9 Å². The van der Waals surface area contributed by atoms with Gasteiger partial charge >= 0.3 is 5.97 Å². The SMILES string of the molecule is CCN(CCCCC(=O)O)CCn1c(Cc2ccc(OC)cc2)nc2cc([N+](=O)[O-])ccc21. The van der Waals surface area contributed by atoms with E-state index in [1.54, 1.807) is 13.2 Å². The number of carboxylic acid groups (broad SMARTS) is 1. The normalized spacial score (nSPS) is 11.2. The van der Waals surface area contributed by atoms with Gasteiger partial charge in [0.15, 0.2) is 0 Å². The lowest BCUT2D eigenvalue weighted by molar-refractivity contribution is -0.384. The Morgan fingerprint density at radius 2 is 1.94 bits per heavy atom. The van der Waals surface area contributed by atoms with Gasteiger partial charge in [0, 0.05) is 38.1 Å².